The maximum atomic E-state index is 12.9. The van der Waals surface area contributed by atoms with E-state index in [1.165, 1.54) is 0 Å². The van der Waals surface area contributed by atoms with Crippen molar-refractivity contribution < 1.29 is 12.9 Å². The number of hydrogen-bond donors (Lipinski definition) is 0. The van der Waals surface area contributed by atoms with Crippen LogP contribution in [0.3, 0.4) is 0 Å². The van der Waals surface area contributed by atoms with Gasteiger partial charge in [0.05, 0.1) is 11.4 Å². The first-order valence-corrected chi connectivity index (χ1v) is 11.7. The van der Waals surface area contributed by atoms with E-state index in [4.69, 9.17) is 4.52 Å². The van der Waals surface area contributed by atoms with Crippen LogP contribution in [0.1, 0.15) is 31.6 Å². The van der Waals surface area contributed by atoms with Crippen LogP contribution in [0, 0.1) is 0 Å². The Morgan fingerprint density at radius 2 is 1.70 bits per heavy atom. The van der Waals surface area contributed by atoms with Gasteiger partial charge in [-0.25, -0.2) is 0 Å². The first-order valence-electron chi connectivity index (χ1n) is 9.47. The van der Waals surface area contributed by atoms with Gasteiger partial charge in [0.25, 0.3) is 10.2 Å². The molecule has 2 aliphatic heterocycles. The summed E-state index contributed by atoms with van der Waals surface area (Å²) in [4.78, 5) is 7.60. The average Bonchev–Trinajstić information content (AvgIpc) is 3.28. The lowest BCUT2D eigenvalue weighted by Crippen LogP contribution is -2.52. The molecule has 0 saturated carbocycles. The highest BCUT2D eigenvalue weighted by atomic mass is 32.2. The molecule has 148 valence electrons. The van der Waals surface area contributed by atoms with Crippen LogP contribution in [0.2, 0.25) is 0 Å². The molecule has 2 aliphatic rings. The molecule has 0 unspecified atom stereocenters. The second kappa shape index (κ2) is 8.36. The normalized spacial score (nSPS) is 21.3. The molecule has 0 radical (unpaired) electrons. The van der Waals surface area contributed by atoms with Crippen LogP contribution in [0.25, 0.3) is 10.7 Å². The molecule has 0 spiro atoms. The van der Waals surface area contributed by atoms with Crippen molar-refractivity contribution in [2.24, 2.45) is 0 Å². The Morgan fingerprint density at radius 1 is 1.00 bits per heavy atom. The van der Waals surface area contributed by atoms with Crippen LogP contribution < -0.4 is 0 Å². The van der Waals surface area contributed by atoms with Crippen LogP contribution in [0.4, 0.5) is 0 Å². The van der Waals surface area contributed by atoms with Gasteiger partial charge >= 0.3 is 0 Å². The smallest absolute Gasteiger partial charge is 0.282 e. The predicted octanol–water partition coefficient (Wildman–Crippen LogP) is 2.04. The van der Waals surface area contributed by atoms with Crippen molar-refractivity contribution in [3.05, 3.63) is 23.4 Å². The van der Waals surface area contributed by atoms with Gasteiger partial charge in [-0.2, -0.15) is 22.0 Å². The first kappa shape index (κ1) is 19.0. The second-order valence-electron chi connectivity index (χ2n) is 6.99. The van der Waals surface area contributed by atoms with Gasteiger partial charge < -0.3 is 4.52 Å². The van der Waals surface area contributed by atoms with Crippen molar-refractivity contribution in [2.45, 2.75) is 32.2 Å². The van der Waals surface area contributed by atoms with Gasteiger partial charge in [-0.15, -0.1) is 11.3 Å². The largest absolute Gasteiger partial charge is 0.338 e. The highest BCUT2D eigenvalue weighted by molar-refractivity contribution is 7.86. The summed E-state index contributed by atoms with van der Waals surface area (Å²) < 4.78 is 34.4. The third-order valence-electron chi connectivity index (χ3n) is 5.12. The summed E-state index contributed by atoms with van der Waals surface area (Å²) in [5, 5.41) is 6.01. The van der Waals surface area contributed by atoms with E-state index in [2.05, 4.69) is 15.0 Å². The summed E-state index contributed by atoms with van der Waals surface area (Å²) in [6.45, 7) is 4.20. The average molecular weight is 412 g/mol. The zero-order chi connectivity index (χ0) is 18.7. The zero-order valence-corrected chi connectivity index (χ0v) is 16.9. The maximum Gasteiger partial charge on any atom is 0.282 e. The molecule has 27 heavy (non-hydrogen) atoms. The van der Waals surface area contributed by atoms with Crippen LogP contribution in [-0.4, -0.2) is 71.3 Å². The van der Waals surface area contributed by atoms with Crippen molar-refractivity contribution in [3.8, 4) is 10.7 Å². The molecule has 0 amide bonds. The standard InChI is InChI=1S/C17H25N5O3S2/c23-27(24,21-7-3-1-2-4-8-21)22-11-9-20(10-12-22)14-16-18-17(19-25-16)15-6-5-13-26-15/h5-6,13H,1-4,7-12,14H2. The molecular weight excluding hydrogens is 386 g/mol. The van der Waals surface area contributed by atoms with E-state index in [9.17, 15) is 8.42 Å². The third kappa shape index (κ3) is 4.40. The van der Waals surface area contributed by atoms with Crippen molar-refractivity contribution in [1.82, 2.24) is 23.7 Å². The molecule has 2 aromatic rings. The quantitative estimate of drug-likeness (QED) is 0.749. The van der Waals surface area contributed by atoms with Gasteiger partial charge in [-0.05, 0) is 24.3 Å². The molecule has 0 aliphatic carbocycles. The minimum Gasteiger partial charge on any atom is -0.338 e. The molecule has 0 N–H and O–H groups in total. The summed E-state index contributed by atoms with van der Waals surface area (Å²) in [6.07, 6.45) is 4.17. The molecular formula is C17H25N5O3S2. The molecule has 0 atom stereocenters. The summed E-state index contributed by atoms with van der Waals surface area (Å²) >= 11 is 1.58. The molecule has 0 bridgehead atoms. The molecule has 2 saturated heterocycles. The van der Waals surface area contributed by atoms with E-state index in [-0.39, 0.29) is 0 Å². The van der Waals surface area contributed by atoms with Crippen LogP contribution in [-0.2, 0) is 16.8 Å². The molecule has 0 aromatic carbocycles. The van der Waals surface area contributed by atoms with E-state index >= 15 is 0 Å². The maximum absolute atomic E-state index is 12.9. The highest BCUT2D eigenvalue weighted by Gasteiger charge is 2.32. The summed E-state index contributed by atoms with van der Waals surface area (Å²) in [6, 6.07) is 3.92. The van der Waals surface area contributed by atoms with Gasteiger partial charge in [0.2, 0.25) is 11.7 Å². The number of aromatic nitrogens is 2. The number of nitrogens with zero attached hydrogens (tertiary/aromatic N) is 5. The molecule has 4 rings (SSSR count). The Labute approximate surface area is 163 Å². The fourth-order valence-corrected chi connectivity index (χ4v) is 5.89. The fourth-order valence-electron chi connectivity index (χ4n) is 3.57. The Hall–Kier alpha value is -1.33. The minimum absolute atomic E-state index is 0.505. The van der Waals surface area contributed by atoms with Crippen LogP contribution in [0.15, 0.2) is 22.0 Å². The predicted molar refractivity (Wildman–Crippen MR) is 103 cm³/mol. The number of thiophene rings is 1. The summed E-state index contributed by atoms with van der Waals surface area (Å²) in [5.41, 5.74) is 0. The molecule has 2 fully saturated rings. The van der Waals surface area contributed by atoms with E-state index in [0.29, 0.717) is 57.5 Å². The van der Waals surface area contributed by atoms with Gasteiger partial charge in [0.1, 0.15) is 0 Å². The Bertz CT molecular complexity index is 821. The van der Waals surface area contributed by atoms with Crippen molar-refractivity contribution in [1.29, 1.82) is 0 Å². The number of rotatable bonds is 5. The monoisotopic (exact) mass is 411 g/mol. The van der Waals surface area contributed by atoms with E-state index in [0.717, 1.165) is 30.6 Å². The van der Waals surface area contributed by atoms with Crippen molar-refractivity contribution in [3.63, 3.8) is 0 Å². The van der Waals surface area contributed by atoms with Crippen LogP contribution >= 0.6 is 11.3 Å². The third-order valence-corrected chi connectivity index (χ3v) is 8.02. The zero-order valence-electron chi connectivity index (χ0n) is 15.3. The lowest BCUT2D eigenvalue weighted by molar-refractivity contribution is 0.158. The summed E-state index contributed by atoms with van der Waals surface area (Å²) in [7, 11) is -3.34. The topological polar surface area (TPSA) is 82.8 Å². The SMILES string of the molecule is O=S(=O)(N1CCCCCC1)N1CCN(Cc2nc(-c3cccs3)no2)CC1. The Morgan fingerprint density at radius 3 is 2.37 bits per heavy atom. The molecule has 2 aromatic heterocycles. The molecule has 8 nitrogen and oxygen atoms in total. The lowest BCUT2D eigenvalue weighted by atomic mass is 10.2. The number of piperazine rings is 1. The Balaban J connectivity index is 1.32. The first-order chi connectivity index (χ1) is 13.1. The minimum atomic E-state index is -3.34. The van der Waals surface area contributed by atoms with E-state index in [1.54, 1.807) is 19.9 Å². The van der Waals surface area contributed by atoms with Gasteiger partial charge in [-0.3, -0.25) is 4.90 Å². The van der Waals surface area contributed by atoms with Gasteiger partial charge in [-0.1, -0.05) is 24.1 Å². The van der Waals surface area contributed by atoms with Crippen molar-refractivity contribution in [2.75, 3.05) is 39.3 Å². The van der Waals surface area contributed by atoms with Gasteiger partial charge in [0.15, 0.2) is 0 Å². The summed E-state index contributed by atoms with van der Waals surface area (Å²) in [5.74, 6) is 1.18. The van der Waals surface area contributed by atoms with E-state index in [1.807, 2.05) is 17.5 Å². The molecule has 10 heteroatoms. The highest BCUT2D eigenvalue weighted by Crippen LogP contribution is 2.22. The Kier molecular flexibility index (Phi) is 5.88. The van der Waals surface area contributed by atoms with Crippen molar-refractivity contribution >= 4 is 21.5 Å². The second-order valence-corrected chi connectivity index (χ2v) is 9.86. The molecule has 4 heterocycles. The number of hydrogen-bond acceptors (Lipinski definition) is 7. The lowest BCUT2D eigenvalue weighted by Gasteiger charge is -2.35. The fraction of sp³-hybridized carbons (Fsp3) is 0.647. The van der Waals surface area contributed by atoms with E-state index < -0.39 is 10.2 Å². The van der Waals surface area contributed by atoms with Crippen LogP contribution in [0.5, 0.6) is 0 Å². The van der Waals surface area contributed by atoms with Gasteiger partial charge in [0, 0.05) is 39.3 Å².